The van der Waals surface area contributed by atoms with E-state index in [4.69, 9.17) is 9.05 Å². The van der Waals surface area contributed by atoms with E-state index in [2.05, 4.69) is 10.3 Å². The summed E-state index contributed by atoms with van der Waals surface area (Å²) in [6, 6.07) is 15.5. The first-order valence-corrected chi connectivity index (χ1v) is 7.19. The van der Waals surface area contributed by atoms with Crippen LogP contribution in [0.5, 0.6) is 0 Å². The van der Waals surface area contributed by atoms with E-state index in [1.807, 2.05) is 78.1 Å². The van der Waals surface area contributed by atoms with Crippen molar-refractivity contribution in [1.29, 1.82) is 0 Å². The van der Waals surface area contributed by atoms with Crippen molar-refractivity contribution >= 4 is 41.1 Å². The number of aromatic nitrogens is 2. The normalized spacial score (nSPS) is 14.1. The van der Waals surface area contributed by atoms with Crippen molar-refractivity contribution in [1.82, 2.24) is 10.3 Å². The number of nitrogens with zero attached hydrogens (tertiary/aromatic N) is 4. The molecule has 0 spiro atoms. The van der Waals surface area contributed by atoms with Crippen molar-refractivity contribution in [2.75, 3.05) is 9.62 Å². The molecule has 6 nitrogen and oxygen atoms in total. The van der Waals surface area contributed by atoms with Crippen molar-refractivity contribution in [3.8, 4) is 0 Å². The van der Waals surface area contributed by atoms with Gasteiger partial charge in [-0.05, 0) is 24.3 Å². The number of hydrogen-bond donors (Lipinski definition) is 0. The smallest absolute Gasteiger partial charge is 0.355 e. The molecule has 0 fully saturated rings. The fraction of sp³-hybridized carbons (Fsp3) is 0. The van der Waals surface area contributed by atoms with Crippen LogP contribution in [0.25, 0.3) is 21.9 Å². The van der Waals surface area contributed by atoms with E-state index in [0.29, 0.717) is 0 Å². The lowest BCUT2D eigenvalue weighted by Gasteiger charge is -2.14. The Balaban J connectivity index is 1.50. The Morgan fingerprint density at radius 1 is 0.696 bits per heavy atom. The number of rotatable bonds is 2. The Kier molecular flexibility index (Phi) is 2.49. The summed E-state index contributed by atoms with van der Waals surface area (Å²) in [5.74, 6) is 1.49. The van der Waals surface area contributed by atoms with Gasteiger partial charge < -0.3 is 18.7 Å². The Morgan fingerprint density at radius 2 is 1.17 bits per heavy atom. The molecule has 109 valence electrons. The highest BCUT2D eigenvalue weighted by Gasteiger charge is 2.26. The second-order valence-corrected chi connectivity index (χ2v) is 5.23. The molecule has 3 heterocycles. The summed E-state index contributed by atoms with van der Waals surface area (Å²) in [6.07, 6.45) is 3.82. The number of fused-ring (bicyclic) bond motifs is 2. The molecule has 2 aromatic heterocycles. The minimum Gasteiger partial charge on any atom is -0.355 e. The van der Waals surface area contributed by atoms with E-state index in [0.717, 1.165) is 33.6 Å². The summed E-state index contributed by atoms with van der Waals surface area (Å²) in [5.41, 5.74) is 1.52. The second-order valence-electron chi connectivity index (χ2n) is 5.23. The van der Waals surface area contributed by atoms with E-state index in [1.165, 1.54) is 0 Å². The molecular weight excluding hydrogens is 291 g/mol. The maximum atomic E-state index is 5.36. The third-order valence-corrected chi connectivity index (χ3v) is 3.84. The van der Waals surface area contributed by atoms with Crippen LogP contribution in [-0.2, 0) is 0 Å². The summed E-state index contributed by atoms with van der Waals surface area (Å²) in [7, 11) is 1.90. The van der Waals surface area contributed by atoms with Crippen LogP contribution in [0.4, 0.5) is 11.6 Å². The third kappa shape index (κ3) is 1.83. The monoisotopic (exact) mass is 301 g/mol. The van der Waals surface area contributed by atoms with Gasteiger partial charge in [0.2, 0.25) is 0 Å². The van der Waals surface area contributed by atoms with Crippen LogP contribution >= 0.6 is 0 Å². The van der Waals surface area contributed by atoms with Crippen LogP contribution in [0, 0.1) is 0 Å². The van der Waals surface area contributed by atoms with Crippen LogP contribution < -0.4 is 9.62 Å². The summed E-state index contributed by atoms with van der Waals surface area (Å²) < 4.78 is 10.7. The fourth-order valence-electron chi connectivity index (χ4n) is 2.72. The first-order valence-electron chi connectivity index (χ1n) is 7.19. The minimum atomic E-state index is 0.743. The molecule has 0 N–H and O–H groups in total. The number of para-hydroxylation sites is 2. The Labute approximate surface area is 131 Å². The maximum Gasteiger partial charge on any atom is 0.403 e. The van der Waals surface area contributed by atoms with Crippen LogP contribution in [0.3, 0.4) is 0 Å². The molecule has 1 aliphatic heterocycles. The van der Waals surface area contributed by atoms with Crippen LogP contribution in [0.1, 0.15) is 0 Å². The van der Waals surface area contributed by atoms with Crippen molar-refractivity contribution in [3.05, 3.63) is 60.9 Å². The molecule has 0 amide bonds. The molecule has 0 saturated heterocycles. The van der Waals surface area contributed by atoms with Gasteiger partial charge in [0.1, 0.15) is 0 Å². The molecule has 0 bridgehead atoms. The van der Waals surface area contributed by atoms with Crippen LogP contribution in [-0.4, -0.2) is 17.9 Å². The van der Waals surface area contributed by atoms with Crippen LogP contribution in [0.15, 0.2) is 70.0 Å². The van der Waals surface area contributed by atoms with E-state index < -0.39 is 0 Å². The average Bonchev–Trinajstić information content (AvgIpc) is 3.31. The fourth-order valence-corrected chi connectivity index (χ4v) is 2.72. The summed E-state index contributed by atoms with van der Waals surface area (Å²) >= 11 is 0. The minimum absolute atomic E-state index is 0.743. The van der Waals surface area contributed by atoms with E-state index >= 15 is 0 Å². The Morgan fingerprint density at radius 3 is 1.70 bits per heavy atom. The summed E-state index contributed by atoms with van der Waals surface area (Å²) in [6.45, 7) is 0. The molecule has 2 aromatic carbocycles. The molecule has 23 heavy (non-hydrogen) atoms. The van der Waals surface area contributed by atoms with Crippen molar-refractivity contribution in [2.24, 2.45) is 0 Å². The average molecular weight is 301 g/mol. The summed E-state index contributed by atoms with van der Waals surface area (Å²) in [5, 5.41) is 10.2. The molecule has 0 saturated carbocycles. The zero-order valence-electron chi connectivity index (χ0n) is 12.0. The standard InChI is InChI=1S/C16H10BN4O2/c1-3-7-13-11(5-1)15(18-22-13)20-9-10-21(17-20)16-12-6-2-4-8-14(12)23-19-16/h1-10H. The molecular formula is C16H10BN4O2. The topological polar surface area (TPSA) is 58.5 Å². The van der Waals surface area contributed by atoms with Crippen molar-refractivity contribution in [3.63, 3.8) is 0 Å². The molecule has 0 unspecified atom stereocenters. The van der Waals surface area contributed by atoms with Crippen molar-refractivity contribution in [2.45, 2.75) is 0 Å². The van der Waals surface area contributed by atoms with Gasteiger partial charge in [0.25, 0.3) is 0 Å². The molecule has 7 heteroatoms. The van der Waals surface area contributed by atoms with E-state index in [-0.39, 0.29) is 0 Å². The molecule has 0 aliphatic carbocycles. The van der Waals surface area contributed by atoms with Gasteiger partial charge in [-0.2, -0.15) is 0 Å². The first-order chi connectivity index (χ1) is 11.4. The number of anilines is 2. The molecule has 1 radical (unpaired) electrons. The highest BCUT2D eigenvalue weighted by atomic mass is 16.5. The van der Waals surface area contributed by atoms with E-state index in [1.54, 1.807) is 0 Å². The van der Waals surface area contributed by atoms with E-state index in [9.17, 15) is 0 Å². The van der Waals surface area contributed by atoms with Crippen LogP contribution in [0.2, 0.25) is 0 Å². The molecule has 1 aliphatic rings. The van der Waals surface area contributed by atoms with Gasteiger partial charge >= 0.3 is 7.55 Å². The second kappa shape index (κ2) is 4.64. The van der Waals surface area contributed by atoms with Gasteiger partial charge in [0, 0.05) is 12.4 Å². The lowest BCUT2D eigenvalue weighted by Crippen LogP contribution is -2.29. The first kappa shape index (κ1) is 12.3. The Hall–Kier alpha value is -3.22. The van der Waals surface area contributed by atoms with Gasteiger partial charge in [-0.3, -0.25) is 0 Å². The zero-order valence-corrected chi connectivity index (χ0v) is 12.0. The highest BCUT2D eigenvalue weighted by Crippen LogP contribution is 2.31. The van der Waals surface area contributed by atoms with Gasteiger partial charge in [0.05, 0.1) is 10.8 Å². The van der Waals surface area contributed by atoms with Gasteiger partial charge in [-0.15, -0.1) is 0 Å². The maximum absolute atomic E-state index is 5.36. The molecule has 0 atom stereocenters. The Bertz CT molecular complexity index is 957. The lowest BCUT2D eigenvalue weighted by atomic mass is 10.1. The largest absolute Gasteiger partial charge is 0.403 e. The van der Waals surface area contributed by atoms with Gasteiger partial charge in [-0.1, -0.05) is 34.6 Å². The molecule has 5 rings (SSSR count). The SMILES string of the molecule is [B]1N(c2noc3ccccc23)C=CN1c1noc2ccccc12. The highest BCUT2D eigenvalue weighted by molar-refractivity contribution is 6.50. The van der Waals surface area contributed by atoms with Crippen molar-refractivity contribution < 1.29 is 9.05 Å². The lowest BCUT2D eigenvalue weighted by molar-refractivity contribution is 0.458. The summed E-state index contributed by atoms with van der Waals surface area (Å²) in [4.78, 5) is 3.80. The van der Waals surface area contributed by atoms with Gasteiger partial charge in [-0.25, -0.2) is 0 Å². The zero-order chi connectivity index (χ0) is 15.2. The number of hydrogen-bond acceptors (Lipinski definition) is 6. The predicted molar refractivity (Wildman–Crippen MR) is 87.9 cm³/mol. The molecule has 4 aromatic rings. The van der Waals surface area contributed by atoms with Gasteiger partial charge in [0.15, 0.2) is 22.8 Å². The quantitative estimate of drug-likeness (QED) is 0.529. The predicted octanol–water partition coefficient (Wildman–Crippen LogP) is 3.30. The number of benzene rings is 2. The third-order valence-electron chi connectivity index (χ3n) is 3.84.